The summed E-state index contributed by atoms with van der Waals surface area (Å²) < 4.78 is 2.37. The molecule has 4 bridgehead atoms. The van der Waals surface area contributed by atoms with E-state index in [2.05, 4.69) is 48.0 Å². The maximum absolute atomic E-state index is 5.18. The minimum Gasteiger partial charge on any atom is -0.290 e. The molecule has 4 heteroatoms. The van der Waals surface area contributed by atoms with Gasteiger partial charge in [0.25, 0.3) is 0 Å². The van der Waals surface area contributed by atoms with Gasteiger partial charge in [0.15, 0.2) is 4.96 Å². The molecule has 7 rings (SSSR count). The molecule has 0 amide bonds. The molecule has 0 spiro atoms. The second kappa shape index (κ2) is 6.09. The number of fused-ring (bicyclic) bond motifs is 1. The number of benzene rings is 1. The summed E-state index contributed by atoms with van der Waals surface area (Å²) in [4.78, 5) is 6.35. The Balaban J connectivity index is 0.00000160. The van der Waals surface area contributed by atoms with E-state index >= 15 is 0 Å². The van der Waals surface area contributed by atoms with Gasteiger partial charge in [-0.3, -0.25) is 4.40 Å². The number of nitrogens with zero attached hydrogens (tertiary/aromatic N) is 2. The molecule has 4 fully saturated rings. The molecule has 0 atom stereocenters. The van der Waals surface area contributed by atoms with E-state index in [0.717, 1.165) is 17.8 Å². The second-order valence-corrected chi connectivity index (χ2v) is 10.3. The van der Waals surface area contributed by atoms with Crippen LogP contribution in [-0.4, -0.2) is 9.38 Å². The van der Waals surface area contributed by atoms with Gasteiger partial charge in [0.05, 0.1) is 11.4 Å². The molecule has 4 aliphatic carbocycles. The van der Waals surface area contributed by atoms with Gasteiger partial charge < -0.3 is 0 Å². The number of halogens is 1. The van der Waals surface area contributed by atoms with Crippen molar-refractivity contribution in [2.45, 2.75) is 57.8 Å². The van der Waals surface area contributed by atoms with Gasteiger partial charge in [0, 0.05) is 22.6 Å². The van der Waals surface area contributed by atoms with Gasteiger partial charge in [-0.1, -0.05) is 23.8 Å². The summed E-state index contributed by atoms with van der Waals surface area (Å²) in [5, 5.41) is 2.28. The lowest BCUT2D eigenvalue weighted by Crippen LogP contribution is -2.48. The molecule has 1 aromatic carbocycles. The van der Waals surface area contributed by atoms with Gasteiger partial charge in [0.2, 0.25) is 0 Å². The SMILES string of the molecule is Cc1ccc(-c2csc3nc(C45CC6CC(CC(C6)C4)C5)cn23)c(C)c1.Cl. The molecule has 4 saturated carbocycles. The van der Waals surface area contributed by atoms with Crippen molar-refractivity contribution in [1.29, 1.82) is 0 Å². The van der Waals surface area contributed by atoms with Gasteiger partial charge in [0.1, 0.15) is 0 Å². The van der Waals surface area contributed by atoms with Gasteiger partial charge in [-0.2, -0.15) is 0 Å². The molecule has 2 heterocycles. The Morgan fingerprint density at radius 2 is 1.70 bits per heavy atom. The van der Waals surface area contributed by atoms with Crippen molar-refractivity contribution in [3.05, 3.63) is 46.6 Å². The fraction of sp³-hybridized carbons (Fsp3) is 0.522. The first-order chi connectivity index (χ1) is 12.6. The van der Waals surface area contributed by atoms with Crippen molar-refractivity contribution in [3.8, 4) is 11.3 Å². The van der Waals surface area contributed by atoms with E-state index < -0.39 is 0 Å². The zero-order chi connectivity index (χ0) is 17.5. The Morgan fingerprint density at radius 3 is 2.33 bits per heavy atom. The fourth-order valence-corrected chi connectivity index (χ4v) is 7.63. The lowest BCUT2D eigenvalue weighted by Gasteiger charge is -2.56. The number of imidazole rings is 1. The molecule has 0 saturated heterocycles. The highest BCUT2D eigenvalue weighted by Gasteiger charge is 2.52. The number of thiazole rings is 1. The van der Waals surface area contributed by atoms with Crippen LogP contribution in [-0.2, 0) is 5.41 Å². The lowest BCUT2D eigenvalue weighted by molar-refractivity contribution is -0.00696. The minimum atomic E-state index is 0. The summed E-state index contributed by atoms with van der Waals surface area (Å²) in [6.07, 6.45) is 11.1. The van der Waals surface area contributed by atoms with Crippen molar-refractivity contribution >= 4 is 28.7 Å². The monoisotopic (exact) mass is 398 g/mol. The van der Waals surface area contributed by atoms with Crippen molar-refractivity contribution in [2.24, 2.45) is 17.8 Å². The van der Waals surface area contributed by atoms with Gasteiger partial charge in [-0.05, 0) is 75.7 Å². The van der Waals surface area contributed by atoms with Crippen LogP contribution in [0.3, 0.4) is 0 Å². The standard InChI is InChI=1S/C23H26N2S.ClH/c1-14-3-4-19(15(2)5-14)20-13-26-22-24-21(12-25(20)22)23-9-16-6-17(10-23)8-18(7-16)11-23;/h3-5,12-13,16-18H,6-11H2,1-2H3;1H. The maximum atomic E-state index is 5.18. The molecule has 27 heavy (non-hydrogen) atoms. The number of aryl methyl sites for hydroxylation is 2. The summed E-state index contributed by atoms with van der Waals surface area (Å²) in [6, 6.07) is 6.79. The third-order valence-corrected chi connectivity index (χ3v) is 8.29. The Kier molecular flexibility index (Phi) is 4.00. The summed E-state index contributed by atoms with van der Waals surface area (Å²) in [7, 11) is 0. The third kappa shape index (κ3) is 2.61. The molecule has 0 radical (unpaired) electrons. The molecule has 0 aliphatic heterocycles. The largest absolute Gasteiger partial charge is 0.290 e. The Hall–Kier alpha value is -1.32. The van der Waals surface area contributed by atoms with Crippen molar-refractivity contribution in [3.63, 3.8) is 0 Å². The van der Waals surface area contributed by atoms with Gasteiger partial charge >= 0.3 is 0 Å². The summed E-state index contributed by atoms with van der Waals surface area (Å²) in [5.41, 5.74) is 7.13. The van der Waals surface area contributed by atoms with Crippen molar-refractivity contribution in [2.75, 3.05) is 0 Å². The molecule has 2 aromatic heterocycles. The average Bonchev–Trinajstić information content (AvgIpc) is 3.15. The van der Waals surface area contributed by atoms with Crippen molar-refractivity contribution in [1.82, 2.24) is 9.38 Å². The van der Waals surface area contributed by atoms with E-state index in [9.17, 15) is 0 Å². The smallest absolute Gasteiger partial charge is 0.194 e. The summed E-state index contributed by atoms with van der Waals surface area (Å²) >= 11 is 1.80. The molecule has 4 aliphatic rings. The van der Waals surface area contributed by atoms with Crippen LogP contribution in [0.25, 0.3) is 16.2 Å². The van der Waals surface area contributed by atoms with Crippen LogP contribution >= 0.6 is 23.7 Å². The number of aromatic nitrogens is 2. The predicted octanol–water partition coefficient (Wildman–Crippen LogP) is 6.57. The van der Waals surface area contributed by atoms with Crippen LogP contribution in [0.15, 0.2) is 29.8 Å². The number of hydrogen-bond acceptors (Lipinski definition) is 2. The van der Waals surface area contributed by atoms with Crippen LogP contribution < -0.4 is 0 Å². The van der Waals surface area contributed by atoms with E-state index in [1.165, 1.54) is 71.6 Å². The highest BCUT2D eigenvalue weighted by molar-refractivity contribution is 7.15. The minimum absolute atomic E-state index is 0. The highest BCUT2D eigenvalue weighted by atomic mass is 35.5. The normalized spacial score (nSPS) is 31.4. The average molecular weight is 399 g/mol. The van der Waals surface area contributed by atoms with Crippen molar-refractivity contribution < 1.29 is 0 Å². The summed E-state index contributed by atoms with van der Waals surface area (Å²) in [5.74, 6) is 2.92. The van der Waals surface area contributed by atoms with Gasteiger partial charge in [-0.15, -0.1) is 23.7 Å². The molecule has 142 valence electrons. The molecular weight excluding hydrogens is 372 g/mol. The molecule has 0 N–H and O–H groups in total. The number of rotatable bonds is 2. The molecular formula is C23H27ClN2S. The third-order valence-electron chi connectivity index (χ3n) is 7.45. The second-order valence-electron chi connectivity index (χ2n) is 9.42. The van der Waals surface area contributed by atoms with E-state index in [-0.39, 0.29) is 12.4 Å². The Labute approximate surface area is 171 Å². The quantitative estimate of drug-likeness (QED) is 0.477. The molecule has 3 aromatic rings. The van der Waals surface area contributed by atoms with E-state index in [0.29, 0.717) is 5.41 Å². The van der Waals surface area contributed by atoms with Gasteiger partial charge in [-0.25, -0.2) is 4.98 Å². The first-order valence-electron chi connectivity index (χ1n) is 10.1. The van der Waals surface area contributed by atoms with Crippen LogP contribution in [0.5, 0.6) is 0 Å². The zero-order valence-electron chi connectivity index (χ0n) is 16.1. The topological polar surface area (TPSA) is 17.3 Å². The predicted molar refractivity (Wildman–Crippen MR) is 115 cm³/mol. The first-order valence-corrected chi connectivity index (χ1v) is 11.0. The van der Waals surface area contributed by atoms with E-state index in [1.807, 2.05) is 0 Å². The van der Waals surface area contributed by atoms with Crippen LogP contribution in [0.1, 0.15) is 55.3 Å². The lowest BCUT2D eigenvalue weighted by atomic mass is 9.49. The molecule has 2 nitrogen and oxygen atoms in total. The number of hydrogen-bond donors (Lipinski definition) is 0. The van der Waals surface area contributed by atoms with Crippen LogP contribution in [0, 0.1) is 31.6 Å². The molecule has 0 unspecified atom stereocenters. The van der Waals surface area contributed by atoms with Crippen LogP contribution in [0.2, 0.25) is 0 Å². The first kappa shape index (κ1) is 17.8. The highest BCUT2D eigenvalue weighted by Crippen LogP contribution is 2.60. The Bertz CT molecular complexity index is 979. The zero-order valence-corrected chi connectivity index (χ0v) is 17.7. The maximum Gasteiger partial charge on any atom is 0.194 e. The summed E-state index contributed by atoms with van der Waals surface area (Å²) in [6.45, 7) is 4.39. The fourth-order valence-electron chi connectivity index (χ4n) is 6.76. The Morgan fingerprint density at radius 1 is 1.04 bits per heavy atom. The van der Waals surface area contributed by atoms with E-state index in [1.54, 1.807) is 11.3 Å². The van der Waals surface area contributed by atoms with E-state index in [4.69, 9.17) is 4.98 Å². The van der Waals surface area contributed by atoms with Crippen LogP contribution in [0.4, 0.5) is 0 Å².